The molecular formula is C11H14F3N. The van der Waals surface area contributed by atoms with Gasteiger partial charge in [0.2, 0.25) is 0 Å². The zero-order valence-corrected chi connectivity index (χ0v) is 8.56. The molecule has 1 nitrogen and oxygen atoms in total. The molecule has 1 saturated heterocycles. The first-order valence-electron chi connectivity index (χ1n) is 4.81. The van der Waals surface area contributed by atoms with Crippen LogP contribution in [0, 0.1) is 11.6 Å². The summed E-state index contributed by atoms with van der Waals surface area (Å²) in [6.07, 6.45) is 1.64. The summed E-state index contributed by atoms with van der Waals surface area (Å²) in [5.74, 6) is -0.675. The van der Waals surface area contributed by atoms with Gasteiger partial charge in [0.25, 0.3) is 0 Å². The van der Waals surface area contributed by atoms with Crippen molar-refractivity contribution >= 4 is 0 Å². The second-order valence-electron chi connectivity index (χ2n) is 3.38. The van der Waals surface area contributed by atoms with Gasteiger partial charge in [-0.1, -0.05) is 0 Å². The van der Waals surface area contributed by atoms with E-state index < -0.39 is 0 Å². The highest BCUT2D eigenvalue weighted by atomic mass is 19.1. The second kappa shape index (κ2) is 5.75. The van der Waals surface area contributed by atoms with Crippen molar-refractivity contribution in [1.29, 1.82) is 0 Å². The molecule has 15 heavy (non-hydrogen) atoms. The molecule has 0 amide bonds. The SMILES string of the molecule is CF.Fc1ccc(F)c(C[C@@H]2CCN2)c1. The molecule has 4 heteroatoms. The number of alkyl halides is 1. The lowest BCUT2D eigenvalue weighted by atomic mass is 9.98. The summed E-state index contributed by atoms with van der Waals surface area (Å²) >= 11 is 0. The predicted octanol–water partition coefficient (Wildman–Crippen LogP) is 2.45. The van der Waals surface area contributed by atoms with E-state index in [1.54, 1.807) is 0 Å². The smallest absolute Gasteiger partial charge is 0.126 e. The maximum atomic E-state index is 13.1. The van der Waals surface area contributed by atoms with Crippen LogP contribution in [0.4, 0.5) is 13.2 Å². The lowest BCUT2D eigenvalue weighted by Gasteiger charge is -2.27. The minimum Gasteiger partial charge on any atom is -0.314 e. The molecule has 84 valence electrons. The van der Waals surface area contributed by atoms with Gasteiger partial charge in [-0.3, -0.25) is 4.39 Å². The van der Waals surface area contributed by atoms with Crippen molar-refractivity contribution in [3.05, 3.63) is 35.4 Å². The maximum absolute atomic E-state index is 13.1. The van der Waals surface area contributed by atoms with Crippen LogP contribution in [0.5, 0.6) is 0 Å². The highest BCUT2D eigenvalue weighted by Crippen LogP contribution is 2.15. The van der Waals surface area contributed by atoms with E-state index >= 15 is 0 Å². The first-order valence-corrected chi connectivity index (χ1v) is 4.81. The van der Waals surface area contributed by atoms with Gasteiger partial charge in [-0.15, -0.1) is 0 Å². The number of hydrogen-bond donors (Lipinski definition) is 1. The third-order valence-electron chi connectivity index (χ3n) is 2.40. The summed E-state index contributed by atoms with van der Waals surface area (Å²) in [6, 6.07) is 3.93. The fraction of sp³-hybridized carbons (Fsp3) is 0.455. The second-order valence-corrected chi connectivity index (χ2v) is 3.38. The molecule has 0 aromatic heterocycles. The van der Waals surface area contributed by atoms with E-state index in [1.165, 1.54) is 12.1 Å². The topological polar surface area (TPSA) is 12.0 Å². The highest BCUT2D eigenvalue weighted by molar-refractivity contribution is 5.20. The Morgan fingerprint density at radius 2 is 2.00 bits per heavy atom. The van der Waals surface area contributed by atoms with Gasteiger partial charge in [-0.05, 0) is 43.1 Å². The standard InChI is InChI=1S/C10H11F2N.CH3F/c11-8-1-2-10(12)7(5-8)6-9-3-4-13-9;1-2/h1-2,5,9,13H,3-4,6H2;1H3/t9-;/m0./s1. The summed E-state index contributed by atoms with van der Waals surface area (Å²) in [6.45, 7) is 0.988. The van der Waals surface area contributed by atoms with Crippen LogP contribution < -0.4 is 5.32 Å². The Kier molecular flexibility index (Phi) is 4.62. The number of nitrogens with one attached hydrogen (secondary N) is 1. The van der Waals surface area contributed by atoms with Crippen LogP contribution >= 0.6 is 0 Å². The van der Waals surface area contributed by atoms with Crippen molar-refractivity contribution in [3.8, 4) is 0 Å². The molecule has 0 saturated carbocycles. The van der Waals surface area contributed by atoms with Gasteiger partial charge >= 0.3 is 0 Å². The lowest BCUT2D eigenvalue weighted by Crippen LogP contribution is -2.44. The Bertz CT molecular complexity index is 311. The molecule has 0 aliphatic carbocycles. The Morgan fingerprint density at radius 1 is 1.33 bits per heavy atom. The van der Waals surface area contributed by atoms with E-state index in [0.717, 1.165) is 19.0 Å². The van der Waals surface area contributed by atoms with E-state index in [1.807, 2.05) is 0 Å². The van der Waals surface area contributed by atoms with Gasteiger partial charge in [-0.25, -0.2) is 8.78 Å². The van der Waals surface area contributed by atoms with Crippen LogP contribution in [0.25, 0.3) is 0 Å². The van der Waals surface area contributed by atoms with Crippen molar-refractivity contribution in [1.82, 2.24) is 5.32 Å². The van der Waals surface area contributed by atoms with Crippen molar-refractivity contribution < 1.29 is 13.2 Å². The Morgan fingerprint density at radius 3 is 2.53 bits per heavy atom. The van der Waals surface area contributed by atoms with E-state index in [2.05, 4.69) is 5.32 Å². The van der Waals surface area contributed by atoms with Crippen molar-refractivity contribution in [2.45, 2.75) is 18.9 Å². The van der Waals surface area contributed by atoms with Gasteiger partial charge in [0.1, 0.15) is 11.6 Å². The predicted molar refractivity (Wildman–Crippen MR) is 53.5 cm³/mol. The third kappa shape index (κ3) is 3.23. The van der Waals surface area contributed by atoms with Gasteiger partial charge < -0.3 is 5.32 Å². The fourth-order valence-corrected chi connectivity index (χ4v) is 1.49. The van der Waals surface area contributed by atoms with Crippen LogP contribution in [0.1, 0.15) is 12.0 Å². The first kappa shape index (κ1) is 12.0. The van der Waals surface area contributed by atoms with Crippen LogP contribution in [0.3, 0.4) is 0 Å². The number of halogens is 3. The molecule has 1 aliphatic rings. The van der Waals surface area contributed by atoms with Crippen molar-refractivity contribution in [2.24, 2.45) is 0 Å². The minimum atomic E-state index is -0.365. The Labute approximate surface area is 87.3 Å². The normalized spacial score (nSPS) is 18.8. The molecule has 1 heterocycles. The van der Waals surface area contributed by atoms with Crippen LogP contribution in [-0.4, -0.2) is 19.8 Å². The lowest BCUT2D eigenvalue weighted by molar-refractivity contribution is 0.364. The quantitative estimate of drug-likeness (QED) is 0.802. The molecule has 1 aliphatic heterocycles. The van der Waals surface area contributed by atoms with E-state index in [9.17, 15) is 13.2 Å². The van der Waals surface area contributed by atoms with Crippen LogP contribution in [0.15, 0.2) is 18.2 Å². The number of benzene rings is 1. The average molecular weight is 217 g/mol. The Hall–Kier alpha value is -1.03. The van der Waals surface area contributed by atoms with E-state index in [4.69, 9.17) is 0 Å². The zero-order valence-electron chi connectivity index (χ0n) is 8.56. The van der Waals surface area contributed by atoms with Gasteiger partial charge in [0.05, 0.1) is 7.18 Å². The molecule has 0 unspecified atom stereocenters. The Balaban J connectivity index is 0.000000531. The van der Waals surface area contributed by atoms with Crippen molar-refractivity contribution in [3.63, 3.8) is 0 Å². The molecule has 0 radical (unpaired) electrons. The van der Waals surface area contributed by atoms with Crippen LogP contribution in [0.2, 0.25) is 0 Å². The zero-order chi connectivity index (χ0) is 11.3. The summed E-state index contributed by atoms with van der Waals surface area (Å²) < 4.78 is 35.3. The molecule has 1 atom stereocenters. The maximum Gasteiger partial charge on any atom is 0.126 e. The van der Waals surface area contributed by atoms with Gasteiger partial charge in [0, 0.05) is 6.04 Å². The summed E-state index contributed by atoms with van der Waals surface area (Å²) in [5.41, 5.74) is 0.470. The molecule has 1 aromatic carbocycles. The molecule has 1 aromatic rings. The van der Waals surface area contributed by atoms with E-state index in [-0.39, 0.29) is 11.6 Å². The van der Waals surface area contributed by atoms with Gasteiger partial charge in [0.15, 0.2) is 0 Å². The molecule has 0 bridgehead atoms. The largest absolute Gasteiger partial charge is 0.314 e. The van der Waals surface area contributed by atoms with Crippen LogP contribution in [-0.2, 0) is 6.42 Å². The molecule has 1 N–H and O–H groups in total. The number of hydrogen-bond acceptors (Lipinski definition) is 1. The third-order valence-corrected chi connectivity index (χ3v) is 2.40. The molecule has 1 fully saturated rings. The minimum absolute atomic E-state index is 0.310. The van der Waals surface area contributed by atoms with E-state index in [0.29, 0.717) is 25.2 Å². The molecule has 0 spiro atoms. The van der Waals surface area contributed by atoms with Gasteiger partial charge in [-0.2, -0.15) is 0 Å². The fourth-order valence-electron chi connectivity index (χ4n) is 1.49. The monoisotopic (exact) mass is 217 g/mol. The summed E-state index contributed by atoms with van der Waals surface area (Å²) in [7, 11) is 0.500. The summed E-state index contributed by atoms with van der Waals surface area (Å²) in [4.78, 5) is 0. The highest BCUT2D eigenvalue weighted by Gasteiger charge is 2.18. The number of rotatable bonds is 2. The first-order chi connectivity index (χ1) is 7.25. The molecular weight excluding hydrogens is 203 g/mol. The summed E-state index contributed by atoms with van der Waals surface area (Å²) in [5, 5.41) is 3.15. The van der Waals surface area contributed by atoms with Crippen molar-refractivity contribution in [2.75, 3.05) is 13.7 Å². The average Bonchev–Trinajstić information content (AvgIpc) is 2.20. The molecule has 2 rings (SSSR count).